The molecular formula is C17H18N2O4. The number of anilines is 1. The van der Waals surface area contributed by atoms with Gasteiger partial charge in [0.15, 0.2) is 0 Å². The number of ether oxygens (including phenoxy) is 2. The number of rotatable bonds is 7. The van der Waals surface area contributed by atoms with Crippen LogP contribution < -0.4 is 15.8 Å². The number of carbonyl (C=O) groups is 2. The van der Waals surface area contributed by atoms with Crippen LogP contribution in [0.5, 0.6) is 5.75 Å². The monoisotopic (exact) mass is 314 g/mol. The lowest BCUT2D eigenvalue weighted by Gasteiger charge is -2.10. The van der Waals surface area contributed by atoms with Gasteiger partial charge in [0, 0.05) is 12.7 Å². The normalized spacial score (nSPS) is 10.1. The molecule has 0 bridgehead atoms. The van der Waals surface area contributed by atoms with Gasteiger partial charge in [-0.3, -0.25) is 9.59 Å². The molecule has 6 heteroatoms. The number of nitrogens with two attached hydrogens (primary N) is 1. The Balaban J connectivity index is 2.12. The summed E-state index contributed by atoms with van der Waals surface area (Å²) in [7, 11) is 1.59. The Morgan fingerprint density at radius 3 is 2.61 bits per heavy atom. The number of hydrogen-bond donors (Lipinski definition) is 2. The van der Waals surface area contributed by atoms with Crippen LogP contribution in [-0.2, 0) is 4.74 Å². The molecule has 0 saturated heterocycles. The van der Waals surface area contributed by atoms with E-state index in [2.05, 4.69) is 5.32 Å². The summed E-state index contributed by atoms with van der Waals surface area (Å²) in [5.74, 6) is -0.383. The third-order valence-electron chi connectivity index (χ3n) is 3.09. The van der Waals surface area contributed by atoms with Crippen molar-refractivity contribution < 1.29 is 19.1 Å². The predicted molar refractivity (Wildman–Crippen MR) is 86.7 cm³/mol. The fourth-order valence-corrected chi connectivity index (χ4v) is 1.97. The van der Waals surface area contributed by atoms with Crippen molar-refractivity contribution in [3.05, 3.63) is 59.7 Å². The smallest absolute Gasteiger partial charge is 0.255 e. The predicted octanol–water partition coefficient (Wildman–Crippen LogP) is 2.06. The van der Waals surface area contributed by atoms with Gasteiger partial charge in [-0.25, -0.2) is 0 Å². The molecule has 0 unspecified atom stereocenters. The molecule has 0 spiro atoms. The number of amides is 2. The maximum Gasteiger partial charge on any atom is 0.255 e. The van der Waals surface area contributed by atoms with Crippen LogP contribution in [0.15, 0.2) is 48.5 Å². The molecule has 0 heterocycles. The standard InChI is InChI=1S/C17H18N2O4/c1-22-9-10-23-13-6-4-5-12(11-13)17(21)19-15-8-3-2-7-14(15)16(18)20/h2-8,11H,9-10H2,1H3,(H2,18,20)(H,19,21). The molecule has 0 aliphatic heterocycles. The third kappa shape index (κ3) is 4.55. The Hall–Kier alpha value is -2.86. The van der Waals surface area contributed by atoms with E-state index in [1.54, 1.807) is 55.6 Å². The molecule has 0 aliphatic rings. The first-order chi connectivity index (χ1) is 11.1. The molecule has 2 rings (SSSR count). The number of hydrogen-bond acceptors (Lipinski definition) is 4. The van der Waals surface area contributed by atoms with Crippen LogP contribution in [0.2, 0.25) is 0 Å². The SMILES string of the molecule is COCCOc1cccc(C(=O)Nc2ccccc2C(N)=O)c1. The topological polar surface area (TPSA) is 90.7 Å². The summed E-state index contributed by atoms with van der Waals surface area (Å²) in [6.07, 6.45) is 0. The number of benzene rings is 2. The molecule has 0 aromatic heterocycles. The summed E-state index contributed by atoms with van der Waals surface area (Å²) in [4.78, 5) is 23.7. The first-order valence-corrected chi connectivity index (χ1v) is 7.04. The van der Waals surface area contributed by atoms with Crippen molar-refractivity contribution >= 4 is 17.5 Å². The lowest BCUT2D eigenvalue weighted by molar-refractivity contribution is 0.100. The summed E-state index contributed by atoms with van der Waals surface area (Å²) in [6, 6.07) is 13.3. The first-order valence-electron chi connectivity index (χ1n) is 7.04. The molecule has 2 aromatic carbocycles. The lowest BCUT2D eigenvalue weighted by atomic mass is 10.1. The van der Waals surface area contributed by atoms with Crippen LogP contribution in [0.4, 0.5) is 5.69 Å². The van der Waals surface area contributed by atoms with E-state index in [4.69, 9.17) is 15.2 Å². The second-order valence-electron chi connectivity index (χ2n) is 4.73. The highest BCUT2D eigenvalue weighted by atomic mass is 16.5. The first kappa shape index (κ1) is 16.5. The Morgan fingerprint density at radius 1 is 1.09 bits per heavy atom. The van der Waals surface area contributed by atoms with Crippen molar-refractivity contribution in [2.45, 2.75) is 0 Å². The van der Waals surface area contributed by atoms with Gasteiger partial charge < -0.3 is 20.5 Å². The number of primary amides is 1. The Kier molecular flexibility index (Phi) is 5.71. The highest BCUT2D eigenvalue weighted by Crippen LogP contribution is 2.18. The van der Waals surface area contributed by atoms with Crippen molar-refractivity contribution in [2.24, 2.45) is 5.73 Å². The fourth-order valence-electron chi connectivity index (χ4n) is 1.97. The van der Waals surface area contributed by atoms with Gasteiger partial charge in [-0.2, -0.15) is 0 Å². The Bertz CT molecular complexity index is 700. The highest BCUT2D eigenvalue weighted by molar-refractivity contribution is 6.08. The molecule has 0 aliphatic carbocycles. The largest absolute Gasteiger partial charge is 0.491 e. The van der Waals surface area contributed by atoms with E-state index in [-0.39, 0.29) is 11.5 Å². The minimum Gasteiger partial charge on any atom is -0.491 e. The van der Waals surface area contributed by atoms with Crippen molar-refractivity contribution in [1.82, 2.24) is 0 Å². The second-order valence-corrected chi connectivity index (χ2v) is 4.73. The summed E-state index contributed by atoms with van der Waals surface area (Å²) in [6.45, 7) is 0.856. The van der Waals surface area contributed by atoms with Crippen LogP contribution >= 0.6 is 0 Å². The molecule has 0 saturated carbocycles. The van der Waals surface area contributed by atoms with Crippen LogP contribution in [0, 0.1) is 0 Å². The minimum atomic E-state index is -0.599. The molecule has 2 amide bonds. The molecular weight excluding hydrogens is 296 g/mol. The van der Waals surface area contributed by atoms with E-state index in [1.165, 1.54) is 0 Å². The molecule has 3 N–H and O–H groups in total. The van der Waals surface area contributed by atoms with Crippen molar-refractivity contribution in [1.29, 1.82) is 0 Å². The minimum absolute atomic E-state index is 0.258. The van der Waals surface area contributed by atoms with Gasteiger partial charge in [0.1, 0.15) is 12.4 Å². The molecule has 0 atom stereocenters. The van der Waals surface area contributed by atoms with Crippen molar-refractivity contribution in [2.75, 3.05) is 25.6 Å². The molecule has 2 aromatic rings. The zero-order valence-electron chi connectivity index (χ0n) is 12.7. The fraction of sp³-hybridized carbons (Fsp3) is 0.176. The molecule has 0 radical (unpaired) electrons. The Morgan fingerprint density at radius 2 is 1.87 bits per heavy atom. The van der Waals surface area contributed by atoms with E-state index in [0.717, 1.165) is 0 Å². The van der Waals surface area contributed by atoms with Gasteiger partial charge in [-0.1, -0.05) is 18.2 Å². The van der Waals surface area contributed by atoms with E-state index >= 15 is 0 Å². The van der Waals surface area contributed by atoms with Crippen LogP contribution in [0.3, 0.4) is 0 Å². The summed E-state index contributed by atoms with van der Waals surface area (Å²) >= 11 is 0. The average Bonchev–Trinajstić information content (AvgIpc) is 2.55. The molecule has 23 heavy (non-hydrogen) atoms. The molecule has 6 nitrogen and oxygen atoms in total. The van der Waals surface area contributed by atoms with Crippen molar-refractivity contribution in [3.8, 4) is 5.75 Å². The quantitative estimate of drug-likeness (QED) is 0.765. The number of nitrogens with one attached hydrogen (secondary N) is 1. The molecule has 0 fully saturated rings. The molecule has 120 valence electrons. The van der Waals surface area contributed by atoms with E-state index < -0.39 is 5.91 Å². The summed E-state index contributed by atoms with van der Waals surface area (Å²) in [5, 5.41) is 2.68. The van der Waals surface area contributed by atoms with Gasteiger partial charge in [0.2, 0.25) is 0 Å². The maximum atomic E-state index is 12.3. The van der Waals surface area contributed by atoms with Crippen LogP contribution in [-0.4, -0.2) is 32.1 Å². The Labute approximate surface area is 134 Å². The lowest BCUT2D eigenvalue weighted by Crippen LogP contribution is -2.18. The number of methoxy groups -OCH3 is 1. The number of para-hydroxylation sites is 1. The van der Waals surface area contributed by atoms with E-state index in [0.29, 0.717) is 30.2 Å². The van der Waals surface area contributed by atoms with E-state index in [9.17, 15) is 9.59 Å². The van der Waals surface area contributed by atoms with Crippen LogP contribution in [0.25, 0.3) is 0 Å². The zero-order chi connectivity index (χ0) is 16.7. The van der Waals surface area contributed by atoms with Gasteiger partial charge in [0.25, 0.3) is 11.8 Å². The van der Waals surface area contributed by atoms with Crippen molar-refractivity contribution in [3.63, 3.8) is 0 Å². The van der Waals surface area contributed by atoms with Crippen LogP contribution in [0.1, 0.15) is 20.7 Å². The van der Waals surface area contributed by atoms with Gasteiger partial charge in [0.05, 0.1) is 17.9 Å². The van der Waals surface area contributed by atoms with E-state index in [1.807, 2.05) is 0 Å². The average molecular weight is 314 g/mol. The van der Waals surface area contributed by atoms with Gasteiger partial charge >= 0.3 is 0 Å². The second kappa shape index (κ2) is 7.95. The van der Waals surface area contributed by atoms with Gasteiger partial charge in [-0.05, 0) is 30.3 Å². The highest BCUT2D eigenvalue weighted by Gasteiger charge is 2.12. The summed E-state index contributed by atoms with van der Waals surface area (Å²) < 4.78 is 10.4. The third-order valence-corrected chi connectivity index (χ3v) is 3.09. The summed E-state index contributed by atoms with van der Waals surface area (Å²) in [5.41, 5.74) is 6.34. The maximum absolute atomic E-state index is 12.3. The van der Waals surface area contributed by atoms with Gasteiger partial charge in [-0.15, -0.1) is 0 Å². The number of carbonyl (C=O) groups excluding carboxylic acids is 2. The zero-order valence-corrected chi connectivity index (χ0v) is 12.7.